The summed E-state index contributed by atoms with van der Waals surface area (Å²) in [6.45, 7) is 4.87. The number of nitrogens with zero attached hydrogens (tertiary/aromatic N) is 1. The molecule has 1 amide bonds. The summed E-state index contributed by atoms with van der Waals surface area (Å²) in [5.41, 5.74) is 3.12. The lowest BCUT2D eigenvalue weighted by Gasteiger charge is -2.27. The fraction of sp³-hybridized carbons (Fsp3) is 0.308. The van der Waals surface area contributed by atoms with Gasteiger partial charge in [-0.05, 0) is 37.1 Å². The molecule has 0 radical (unpaired) electrons. The lowest BCUT2D eigenvalue weighted by molar-refractivity contribution is -0.116. The highest BCUT2D eigenvalue weighted by Gasteiger charge is 2.35. The van der Waals surface area contributed by atoms with Crippen LogP contribution in [0.2, 0.25) is 0 Å². The van der Waals surface area contributed by atoms with E-state index in [2.05, 4.69) is 17.1 Å². The second-order valence-corrected chi connectivity index (χ2v) is 9.43. The number of halogens is 1. The van der Waals surface area contributed by atoms with Crippen LogP contribution in [0.4, 0.5) is 5.00 Å². The van der Waals surface area contributed by atoms with Crippen LogP contribution in [-0.4, -0.2) is 37.0 Å². The van der Waals surface area contributed by atoms with Crippen molar-refractivity contribution in [2.24, 2.45) is 0 Å². The predicted molar refractivity (Wildman–Crippen MR) is 136 cm³/mol. The standard InChI is InChI=1S/C26H26N2O4S.ClH/c1-3-13-28-14-12-18-21(15-28)33-25(23(18)26(30)31-2)27-24(29)22-16-8-4-6-10-19(16)32-20-11-7-5-9-17(20)22;/h4-11,22H,3,12-15H2,1-2H3,(H,27,29);1H. The summed E-state index contributed by atoms with van der Waals surface area (Å²) in [4.78, 5) is 30.0. The number of anilines is 1. The topological polar surface area (TPSA) is 67.9 Å². The third-order valence-electron chi connectivity index (χ3n) is 6.24. The van der Waals surface area contributed by atoms with Crippen LogP contribution in [0.3, 0.4) is 0 Å². The Kier molecular flexibility index (Phi) is 7.26. The Balaban J connectivity index is 0.00000274. The van der Waals surface area contributed by atoms with Crippen molar-refractivity contribution >= 4 is 40.6 Å². The molecule has 3 aromatic rings. The van der Waals surface area contributed by atoms with Crippen molar-refractivity contribution in [2.45, 2.75) is 32.2 Å². The first-order valence-corrected chi connectivity index (χ1v) is 12.0. The van der Waals surface area contributed by atoms with E-state index in [-0.39, 0.29) is 18.3 Å². The van der Waals surface area contributed by atoms with Crippen molar-refractivity contribution in [3.8, 4) is 11.5 Å². The van der Waals surface area contributed by atoms with Gasteiger partial charge in [0.1, 0.15) is 16.5 Å². The molecule has 1 aromatic heterocycles. The summed E-state index contributed by atoms with van der Waals surface area (Å²) < 4.78 is 11.1. The Labute approximate surface area is 209 Å². The first kappa shape index (κ1) is 24.3. The second-order valence-electron chi connectivity index (χ2n) is 8.33. The number of benzene rings is 2. The van der Waals surface area contributed by atoms with Gasteiger partial charge in [0.05, 0.1) is 18.6 Å². The van der Waals surface area contributed by atoms with Crippen LogP contribution in [0.25, 0.3) is 0 Å². The number of hydrogen-bond acceptors (Lipinski definition) is 6. The number of carbonyl (C=O) groups is 2. The number of nitrogens with one attached hydrogen (secondary N) is 1. The third-order valence-corrected chi connectivity index (χ3v) is 7.38. The Morgan fingerprint density at radius 1 is 1.12 bits per heavy atom. The van der Waals surface area contributed by atoms with Crippen LogP contribution < -0.4 is 10.1 Å². The molecule has 0 atom stereocenters. The molecule has 2 aromatic carbocycles. The molecule has 0 saturated carbocycles. The first-order chi connectivity index (χ1) is 16.1. The summed E-state index contributed by atoms with van der Waals surface area (Å²) in [7, 11) is 1.38. The van der Waals surface area contributed by atoms with E-state index in [1.165, 1.54) is 18.4 Å². The maximum atomic E-state index is 13.7. The van der Waals surface area contributed by atoms with Crippen LogP contribution in [0.1, 0.15) is 51.2 Å². The Morgan fingerprint density at radius 2 is 1.76 bits per heavy atom. The number of para-hydroxylation sites is 2. The van der Waals surface area contributed by atoms with Gasteiger partial charge < -0.3 is 14.8 Å². The molecule has 0 aliphatic carbocycles. The summed E-state index contributed by atoms with van der Waals surface area (Å²) in [6.07, 6.45) is 1.85. The summed E-state index contributed by atoms with van der Waals surface area (Å²) in [5, 5.41) is 3.65. The van der Waals surface area contributed by atoms with Crippen molar-refractivity contribution in [2.75, 3.05) is 25.5 Å². The predicted octanol–water partition coefficient (Wildman–Crippen LogP) is 5.60. The van der Waals surface area contributed by atoms with E-state index in [1.54, 1.807) is 0 Å². The zero-order valence-corrected chi connectivity index (χ0v) is 20.8. The maximum absolute atomic E-state index is 13.7. The Morgan fingerprint density at radius 3 is 2.38 bits per heavy atom. The van der Waals surface area contributed by atoms with E-state index in [1.807, 2.05) is 48.5 Å². The molecule has 6 nitrogen and oxygen atoms in total. The van der Waals surface area contributed by atoms with E-state index < -0.39 is 11.9 Å². The minimum Gasteiger partial charge on any atom is -0.465 e. The van der Waals surface area contributed by atoms with E-state index in [9.17, 15) is 9.59 Å². The molecular weight excluding hydrogens is 472 g/mol. The van der Waals surface area contributed by atoms with Crippen molar-refractivity contribution in [3.05, 3.63) is 75.7 Å². The van der Waals surface area contributed by atoms with Crippen molar-refractivity contribution < 1.29 is 19.1 Å². The summed E-state index contributed by atoms with van der Waals surface area (Å²) in [5.74, 6) is 0.217. The lowest BCUT2D eigenvalue weighted by atomic mass is 9.87. The molecule has 2 aliphatic rings. The van der Waals surface area contributed by atoms with Gasteiger partial charge in [0.2, 0.25) is 5.91 Å². The minimum atomic E-state index is -0.535. The number of carbonyl (C=O) groups excluding carboxylic acids is 2. The number of thiophene rings is 1. The molecule has 0 saturated heterocycles. The van der Waals surface area contributed by atoms with E-state index in [0.717, 1.165) is 54.0 Å². The number of fused-ring (bicyclic) bond motifs is 3. The second kappa shape index (κ2) is 10.2. The summed E-state index contributed by atoms with van der Waals surface area (Å²) >= 11 is 1.48. The van der Waals surface area contributed by atoms with Gasteiger partial charge in [0, 0.05) is 29.1 Å². The fourth-order valence-electron chi connectivity index (χ4n) is 4.75. The van der Waals surface area contributed by atoms with E-state index >= 15 is 0 Å². The van der Waals surface area contributed by atoms with Crippen LogP contribution >= 0.6 is 23.7 Å². The van der Waals surface area contributed by atoms with Gasteiger partial charge in [0.15, 0.2) is 0 Å². The molecule has 3 heterocycles. The molecule has 1 N–H and O–H groups in total. The normalized spacial score (nSPS) is 14.6. The quantitative estimate of drug-likeness (QED) is 0.464. The minimum absolute atomic E-state index is 0. The number of esters is 1. The monoisotopic (exact) mass is 498 g/mol. The van der Waals surface area contributed by atoms with Gasteiger partial charge in [-0.15, -0.1) is 23.7 Å². The molecule has 0 unspecified atom stereocenters. The molecule has 34 heavy (non-hydrogen) atoms. The highest BCUT2D eigenvalue weighted by Crippen LogP contribution is 2.45. The number of rotatable bonds is 5. The van der Waals surface area contributed by atoms with Crippen LogP contribution in [-0.2, 0) is 22.5 Å². The van der Waals surface area contributed by atoms with Crippen LogP contribution in [0.15, 0.2) is 48.5 Å². The maximum Gasteiger partial charge on any atom is 0.341 e. The number of amides is 1. The molecule has 5 rings (SSSR count). The van der Waals surface area contributed by atoms with E-state index in [4.69, 9.17) is 9.47 Å². The van der Waals surface area contributed by atoms with Crippen molar-refractivity contribution in [3.63, 3.8) is 0 Å². The van der Waals surface area contributed by atoms with Crippen molar-refractivity contribution in [1.82, 2.24) is 4.90 Å². The molecule has 0 bridgehead atoms. The number of hydrogen-bond donors (Lipinski definition) is 1. The molecular formula is C26H27ClN2O4S. The average Bonchev–Trinajstić information content (AvgIpc) is 3.19. The van der Waals surface area contributed by atoms with Gasteiger partial charge in [-0.3, -0.25) is 9.69 Å². The first-order valence-electron chi connectivity index (χ1n) is 11.2. The van der Waals surface area contributed by atoms with Gasteiger partial charge in [-0.25, -0.2) is 4.79 Å². The SMILES string of the molecule is CCCN1CCc2c(sc(NC(=O)C3c4ccccc4Oc4ccccc43)c2C(=O)OC)C1.Cl. The van der Waals surface area contributed by atoms with E-state index in [0.29, 0.717) is 22.1 Å². The highest BCUT2D eigenvalue weighted by molar-refractivity contribution is 7.17. The number of methoxy groups -OCH3 is 1. The Bertz CT molecular complexity index is 1180. The van der Waals surface area contributed by atoms with Gasteiger partial charge in [0.25, 0.3) is 0 Å². The smallest absolute Gasteiger partial charge is 0.341 e. The molecule has 0 fully saturated rings. The zero-order valence-electron chi connectivity index (χ0n) is 19.1. The average molecular weight is 499 g/mol. The third kappa shape index (κ3) is 4.31. The fourth-order valence-corrected chi connectivity index (χ4v) is 6.03. The van der Waals surface area contributed by atoms with Gasteiger partial charge in [-0.2, -0.15) is 0 Å². The van der Waals surface area contributed by atoms with Crippen molar-refractivity contribution in [1.29, 1.82) is 0 Å². The molecule has 2 aliphatic heterocycles. The molecule has 8 heteroatoms. The lowest BCUT2D eigenvalue weighted by Crippen LogP contribution is -2.30. The molecule has 0 spiro atoms. The summed E-state index contributed by atoms with van der Waals surface area (Å²) in [6, 6.07) is 15.2. The highest BCUT2D eigenvalue weighted by atomic mass is 35.5. The van der Waals surface area contributed by atoms with Gasteiger partial charge in [-0.1, -0.05) is 43.3 Å². The largest absolute Gasteiger partial charge is 0.465 e. The van der Waals surface area contributed by atoms with Crippen LogP contribution in [0.5, 0.6) is 11.5 Å². The Hall–Kier alpha value is -2.87. The molecule has 178 valence electrons. The zero-order chi connectivity index (χ0) is 22.9. The number of ether oxygens (including phenoxy) is 2. The van der Waals surface area contributed by atoms with Gasteiger partial charge >= 0.3 is 5.97 Å². The van der Waals surface area contributed by atoms with Crippen LogP contribution in [0, 0.1) is 0 Å².